The molecular formula is C15H13ClFNO2. The average molecular weight is 294 g/mol. The van der Waals surface area contributed by atoms with Crippen molar-refractivity contribution in [3.05, 3.63) is 58.4 Å². The monoisotopic (exact) mass is 293 g/mol. The number of fused-ring (bicyclic) bond motifs is 1. The number of hydrogen-bond donors (Lipinski definition) is 1. The maximum Gasteiger partial charge on any atom is 0.161 e. The van der Waals surface area contributed by atoms with Gasteiger partial charge in [-0.2, -0.15) is 0 Å². The first kappa shape index (κ1) is 13.2. The van der Waals surface area contributed by atoms with Crippen LogP contribution in [0.2, 0.25) is 5.02 Å². The van der Waals surface area contributed by atoms with Crippen LogP contribution in [-0.4, -0.2) is 13.2 Å². The quantitative estimate of drug-likeness (QED) is 0.924. The highest BCUT2D eigenvalue weighted by molar-refractivity contribution is 6.31. The molecule has 0 amide bonds. The third-order valence-electron chi connectivity index (χ3n) is 3.22. The minimum Gasteiger partial charge on any atom is -0.486 e. The van der Waals surface area contributed by atoms with E-state index in [-0.39, 0.29) is 5.82 Å². The van der Waals surface area contributed by atoms with Crippen LogP contribution in [-0.2, 0) is 0 Å². The van der Waals surface area contributed by atoms with Gasteiger partial charge in [-0.05, 0) is 41.5 Å². The van der Waals surface area contributed by atoms with E-state index in [4.69, 9.17) is 26.8 Å². The van der Waals surface area contributed by atoms with Gasteiger partial charge in [0.2, 0.25) is 0 Å². The Labute approximate surface area is 121 Å². The third-order valence-corrected chi connectivity index (χ3v) is 3.56. The van der Waals surface area contributed by atoms with Crippen molar-refractivity contribution in [3.63, 3.8) is 0 Å². The molecule has 0 saturated carbocycles. The van der Waals surface area contributed by atoms with Gasteiger partial charge in [-0.25, -0.2) is 4.39 Å². The largest absolute Gasteiger partial charge is 0.486 e. The van der Waals surface area contributed by atoms with E-state index < -0.39 is 6.04 Å². The molecule has 0 spiro atoms. The molecule has 3 rings (SSSR count). The Morgan fingerprint density at radius 2 is 1.80 bits per heavy atom. The normalized spacial score (nSPS) is 14.9. The summed E-state index contributed by atoms with van der Waals surface area (Å²) in [5.41, 5.74) is 7.51. The van der Waals surface area contributed by atoms with Crippen molar-refractivity contribution in [1.29, 1.82) is 0 Å². The maximum atomic E-state index is 13.3. The average Bonchev–Trinajstić information content (AvgIpc) is 2.48. The van der Waals surface area contributed by atoms with Crippen LogP contribution in [0, 0.1) is 5.82 Å². The van der Waals surface area contributed by atoms with E-state index in [1.54, 1.807) is 12.1 Å². The lowest BCUT2D eigenvalue weighted by molar-refractivity contribution is 0.171. The highest BCUT2D eigenvalue weighted by Gasteiger charge is 2.17. The fourth-order valence-corrected chi connectivity index (χ4v) is 2.42. The van der Waals surface area contributed by atoms with Gasteiger partial charge in [-0.3, -0.25) is 0 Å². The Morgan fingerprint density at radius 3 is 2.60 bits per heavy atom. The highest BCUT2D eigenvalue weighted by atomic mass is 35.5. The first-order valence-corrected chi connectivity index (χ1v) is 6.63. The number of nitrogens with two attached hydrogens (primary N) is 1. The molecule has 1 heterocycles. The van der Waals surface area contributed by atoms with Crippen molar-refractivity contribution < 1.29 is 13.9 Å². The van der Waals surface area contributed by atoms with Crippen LogP contribution in [0.15, 0.2) is 36.4 Å². The van der Waals surface area contributed by atoms with Gasteiger partial charge in [-0.1, -0.05) is 17.7 Å². The van der Waals surface area contributed by atoms with Crippen LogP contribution in [0.4, 0.5) is 4.39 Å². The number of hydrogen-bond acceptors (Lipinski definition) is 3. The fourth-order valence-electron chi connectivity index (χ4n) is 2.19. The second-order valence-electron chi connectivity index (χ2n) is 4.55. The molecule has 2 N–H and O–H groups in total. The molecule has 0 saturated heterocycles. The molecule has 0 bridgehead atoms. The number of ether oxygens (including phenoxy) is 2. The maximum absolute atomic E-state index is 13.3. The van der Waals surface area contributed by atoms with Gasteiger partial charge < -0.3 is 15.2 Å². The summed E-state index contributed by atoms with van der Waals surface area (Å²) in [5.74, 6) is 0.978. The van der Waals surface area contributed by atoms with Crippen molar-refractivity contribution >= 4 is 11.6 Å². The van der Waals surface area contributed by atoms with Crippen molar-refractivity contribution in [2.24, 2.45) is 5.73 Å². The zero-order valence-electron chi connectivity index (χ0n) is 10.6. The van der Waals surface area contributed by atoms with Gasteiger partial charge in [0.1, 0.15) is 19.0 Å². The molecular weight excluding hydrogens is 281 g/mol. The van der Waals surface area contributed by atoms with E-state index in [1.807, 2.05) is 6.07 Å². The van der Waals surface area contributed by atoms with Gasteiger partial charge in [-0.15, -0.1) is 0 Å². The fraction of sp³-hybridized carbons (Fsp3) is 0.200. The number of benzene rings is 2. The van der Waals surface area contributed by atoms with Crippen LogP contribution < -0.4 is 15.2 Å². The standard InChI is InChI=1S/C15H13ClFNO2/c16-12-3-2-10(17)8-11(12)15(18)9-1-4-13-14(7-9)20-6-5-19-13/h1-4,7-8,15H,5-6,18H2. The molecule has 20 heavy (non-hydrogen) atoms. The van der Waals surface area contributed by atoms with E-state index in [9.17, 15) is 4.39 Å². The minimum absolute atomic E-state index is 0.364. The molecule has 104 valence electrons. The molecule has 0 radical (unpaired) electrons. The molecule has 0 aromatic heterocycles. The summed E-state index contributed by atoms with van der Waals surface area (Å²) in [4.78, 5) is 0. The molecule has 1 unspecified atom stereocenters. The number of halogens is 2. The molecule has 1 aliphatic heterocycles. The predicted molar refractivity (Wildman–Crippen MR) is 74.9 cm³/mol. The van der Waals surface area contributed by atoms with Crippen LogP contribution >= 0.6 is 11.6 Å². The van der Waals surface area contributed by atoms with Crippen LogP contribution in [0.3, 0.4) is 0 Å². The van der Waals surface area contributed by atoms with E-state index in [0.717, 1.165) is 5.56 Å². The Balaban J connectivity index is 1.97. The molecule has 3 nitrogen and oxygen atoms in total. The van der Waals surface area contributed by atoms with Crippen LogP contribution in [0.25, 0.3) is 0 Å². The summed E-state index contributed by atoms with van der Waals surface area (Å²) in [7, 11) is 0. The summed E-state index contributed by atoms with van der Waals surface area (Å²) >= 11 is 6.08. The zero-order chi connectivity index (χ0) is 14.1. The van der Waals surface area contributed by atoms with Gasteiger partial charge in [0, 0.05) is 5.02 Å². The Kier molecular flexibility index (Phi) is 3.51. The van der Waals surface area contributed by atoms with Gasteiger partial charge >= 0.3 is 0 Å². The summed E-state index contributed by atoms with van der Waals surface area (Å²) in [5, 5.41) is 0.439. The molecule has 2 aromatic rings. The topological polar surface area (TPSA) is 44.5 Å². The van der Waals surface area contributed by atoms with Gasteiger partial charge in [0.05, 0.1) is 6.04 Å². The lowest BCUT2D eigenvalue weighted by Gasteiger charge is -2.21. The minimum atomic E-state index is -0.519. The second kappa shape index (κ2) is 5.31. The molecule has 0 fully saturated rings. The van der Waals surface area contributed by atoms with Crippen molar-refractivity contribution in [2.75, 3.05) is 13.2 Å². The summed E-state index contributed by atoms with van der Waals surface area (Å²) in [6.07, 6.45) is 0. The smallest absolute Gasteiger partial charge is 0.161 e. The van der Waals surface area contributed by atoms with Crippen molar-refractivity contribution in [2.45, 2.75) is 6.04 Å². The molecule has 2 aromatic carbocycles. The lowest BCUT2D eigenvalue weighted by Crippen LogP contribution is -2.17. The Morgan fingerprint density at radius 1 is 1.05 bits per heavy atom. The molecule has 1 aliphatic rings. The van der Waals surface area contributed by atoms with E-state index in [2.05, 4.69) is 0 Å². The molecule has 0 aliphatic carbocycles. The van der Waals surface area contributed by atoms with Crippen molar-refractivity contribution in [3.8, 4) is 11.5 Å². The summed E-state index contributed by atoms with van der Waals surface area (Å²) in [6, 6.07) is 9.08. The highest BCUT2D eigenvalue weighted by Crippen LogP contribution is 2.35. The summed E-state index contributed by atoms with van der Waals surface area (Å²) < 4.78 is 24.3. The van der Waals surface area contributed by atoms with Gasteiger partial charge in [0.15, 0.2) is 11.5 Å². The first-order valence-electron chi connectivity index (χ1n) is 6.25. The van der Waals surface area contributed by atoms with Crippen LogP contribution in [0.1, 0.15) is 17.2 Å². The number of rotatable bonds is 2. The Hall–Kier alpha value is -1.78. The zero-order valence-corrected chi connectivity index (χ0v) is 11.4. The van der Waals surface area contributed by atoms with Gasteiger partial charge in [0.25, 0.3) is 0 Å². The predicted octanol–water partition coefficient (Wildman–Crippen LogP) is 3.30. The van der Waals surface area contributed by atoms with E-state index in [1.165, 1.54) is 18.2 Å². The Bertz CT molecular complexity index is 648. The third kappa shape index (κ3) is 2.44. The first-order chi connectivity index (χ1) is 9.65. The van der Waals surface area contributed by atoms with E-state index >= 15 is 0 Å². The van der Waals surface area contributed by atoms with Crippen LogP contribution in [0.5, 0.6) is 11.5 Å². The van der Waals surface area contributed by atoms with Crippen molar-refractivity contribution in [1.82, 2.24) is 0 Å². The molecule has 5 heteroatoms. The molecule has 1 atom stereocenters. The lowest BCUT2D eigenvalue weighted by atomic mass is 9.99. The second-order valence-corrected chi connectivity index (χ2v) is 4.95. The SMILES string of the molecule is NC(c1ccc2c(c1)OCCO2)c1cc(F)ccc1Cl. The summed E-state index contributed by atoms with van der Waals surface area (Å²) in [6.45, 7) is 1.04. The van der Waals surface area contributed by atoms with E-state index in [0.29, 0.717) is 35.3 Å².